The van der Waals surface area contributed by atoms with Crippen LogP contribution in [0.1, 0.15) is 68.7 Å². The Morgan fingerprint density at radius 2 is 2.02 bits per heavy atom. The van der Waals surface area contributed by atoms with E-state index in [1.807, 2.05) is 24.3 Å². The SMILES string of the molecule is CC[C@@]1(O)C(=O)OCc2c1cc1n(c2=O)Cc2c-1nc1ccccc1c2/C=N/OCC(=O)NCCCN(C)CCCC(C)C. The molecule has 0 unspecified atom stereocenters. The van der Waals surface area contributed by atoms with Crippen LogP contribution in [0.15, 0.2) is 40.3 Å². The smallest absolute Gasteiger partial charge is 0.343 e. The van der Waals surface area contributed by atoms with Gasteiger partial charge in [-0.1, -0.05) is 44.1 Å². The fourth-order valence-electron chi connectivity index (χ4n) is 5.90. The van der Waals surface area contributed by atoms with Gasteiger partial charge in [-0.3, -0.25) is 9.59 Å². The summed E-state index contributed by atoms with van der Waals surface area (Å²) in [5.41, 5.74) is 1.51. The Labute approximate surface area is 256 Å². The Kier molecular flexibility index (Phi) is 9.45. The normalized spacial score (nSPS) is 17.2. The highest BCUT2D eigenvalue weighted by Gasteiger charge is 2.45. The minimum Gasteiger partial charge on any atom is -0.458 e. The van der Waals surface area contributed by atoms with Crippen molar-refractivity contribution in [2.75, 3.05) is 33.3 Å². The van der Waals surface area contributed by atoms with Gasteiger partial charge in [-0.25, -0.2) is 9.78 Å². The molecule has 2 aliphatic heterocycles. The molecule has 2 aromatic heterocycles. The fourth-order valence-corrected chi connectivity index (χ4v) is 5.90. The van der Waals surface area contributed by atoms with E-state index in [4.69, 9.17) is 14.6 Å². The van der Waals surface area contributed by atoms with Gasteiger partial charge in [0.05, 0.1) is 35.2 Å². The van der Waals surface area contributed by atoms with Gasteiger partial charge in [-0.05, 0) is 63.9 Å². The van der Waals surface area contributed by atoms with Crippen LogP contribution in [0.3, 0.4) is 0 Å². The minimum atomic E-state index is -1.90. The number of benzene rings is 1. The summed E-state index contributed by atoms with van der Waals surface area (Å²) in [6, 6.07) is 9.21. The van der Waals surface area contributed by atoms with E-state index in [-0.39, 0.29) is 48.8 Å². The fraction of sp³-hybridized carbons (Fsp3) is 0.485. The largest absolute Gasteiger partial charge is 0.458 e. The van der Waals surface area contributed by atoms with Gasteiger partial charge in [-0.15, -0.1) is 0 Å². The number of carbonyl (C=O) groups excluding carboxylic acids is 2. The van der Waals surface area contributed by atoms with Gasteiger partial charge in [-0.2, -0.15) is 0 Å². The van der Waals surface area contributed by atoms with Gasteiger partial charge in [0.1, 0.15) is 6.61 Å². The number of nitrogens with one attached hydrogen (secondary N) is 1. The molecular formula is C33H41N5O6. The Bertz CT molecular complexity index is 1650. The first kappa shape index (κ1) is 31.3. The number of cyclic esters (lactones) is 1. The summed E-state index contributed by atoms with van der Waals surface area (Å²) in [6.07, 6.45) is 4.85. The van der Waals surface area contributed by atoms with E-state index < -0.39 is 11.6 Å². The maximum Gasteiger partial charge on any atom is 0.343 e. The molecule has 0 spiro atoms. The summed E-state index contributed by atoms with van der Waals surface area (Å²) >= 11 is 0. The third kappa shape index (κ3) is 6.25. The molecule has 0 radical (unpaired) electrons. The van der Waals surface area contributed by atoms with Gasteiger partial charge < -0.3 is 29.5 Å². The van der Waals surface area contributed by atoms with Crippen LogP contribution in [0, 0.1) is 5.92 Å². The number of pyridine rings is 2. The second kappa shape index (κ2) is 13.3. The van der Waals surface area contributed by atoms with Crippen LogP contribution in [-0.4, -0.2) is 70.9 Å². The molecule has 2 aliphatic rings. The van der Waals surface area contributed by atoms with Gasteiger partial charge in [0.2, 0.25) is 0 Å². The molecule has 1 atom stereocenters. The maximum absolute atomic E-state index is 13.6. The lowest BCUT2D eigenvalue weighted by molar-refractivity contribution is -0.172. The molecule has 234 valence electrons. The van der Waals surface area contributed by atoms with Crippen LogP contribution in [0.25, 0.3) is 22.3 Å². The number of para-hydroxylation sites is 1. The van der Waals surface area contributed by atoms with Crippen molar-refractivity contribution in [3.63, 3.8) is 0 Å². The molecule has 0 aliphatic carbocycles. The van der Waals surface area contributed by atoms with E-state index >= 15 is 0 Å². The number of fused-ring (bicyclic) bond motifs is 5. The number of nitrogens with zero attached hydrogens (tertiary/aromatic N) is 4. The van der Waals surface area contributed by atoms with E-state index in [0.717, 1.165) is 30.5 Å². The van der Waals surface area contributed by atoms with Crippen LogP contribution in [0.5, 0.6) is 0 Å². The lowest BCUT2D eigenvalue weighted by Crippen LogP contribution is -2.44. The number of aromatic nitrogens is 2. The zero-order valence-electron chi connectivity index (χ0n) is 25.9. The predicted octanol–water partition coefficient (Wildman–Crippen LogP) is 3.30. The Morgan fingerprint density at radius 1 is 1.25 bits per heavy atom. The van der Waals surface area contributed by atoms with E-state index in [1.54, 1.807) is 23.8 Å². The van der Waals surface area contributed by atoms with E-state index in [9.17, 15) is 19.5 Å². The topological polar surface area (TPSA) is 135 Å². The molecule has 11 nitrogen and oxygen atoms in total. The molecule has 44 heavy (non-hydrogen) atoms. The second-order valence-electron chi connectivity index (χ2n) is 12.0. The number of rotatable bonds is 13. The zero-order valence-corrected chi connectivity index (χ0v) is 25.9. The van der Waals surface area contributed by atoms with Gasteiger partial charge in [0.15, 0.2) is 12.2 Å². The average molecular weight is 604 g/mol. The summed E-state index contributed by atoms with van der Waals surface area (Å²) in [6.45, 7) is 8.46. The van der Waals surface area contributed by atoms with E-state index in [0.29, 0.717) is 34.9 Å². The highest BCUT2D eigenvalue weighted by molar-refractivity contribution is 6.02. The summed E-state index contributed by atoms with van der Waals surface area (Å²) in [7, 11) is 2.10. The molecule has 4 heterocycles. The number of esters is 1. The predicted molar refractivity (Wildman–Crippen MR) is 167 cm³/mol. The summed E-state index contributed by atoms with van der Waals surface area (Å²) in [5.74, 6) is -0.305. The zero-order chi connectivity index (χ0) is 31.4. The van der Waals surface area contributed by atoms with Crippen molar-refractivity contribution in [1.82, 2.24) is 19.8 Å². The van der Waals surface area contributed by atoms with Crippen molar-refractivity contribution in [1.29, 1.82) is 0 Å². The highest BCUT2D eigenvalue weighted by Crippen LogP contribution is 2.39. The highest BCUT2D eigenvalue weighted by atomic mass is 16.6. The third-order valence-corrected chi connectivity index (χ3v) is 8.45. The molecule has 2 N–H and O–H groups in total. The van der Waals surface area contributed by atoms with Crippen LogP contribution >= 0.6 is 0 Å². The molecule has 1 amide bonds. The minimum absolute atomic E-state index is 0.0675. The van der Waals surface area contributed by atoms with Gasteiger partial charge in [0, 0.05) is 28.6 Å². The van der Waals surface area contributed by atoms with E-state index in [2.05, 4.69) is 36.3 Å². The first-order valence-electron chi connectivity index (χ1n) is 15.3. The lowest BCUT2D eigenvalue weighted by Gasteiger charge is -2.31. The maximum atomic E-state index is 13.6. The molecule has 5 rings (SSSR count). The number of oxime groups is 1. The summed E-state index contributed by atoms with van der Waals surface area (Å²) < 4.78 is 6.75. The molecule has 11 heteroatoms. The lowest BCUT2D eigenvalue weighted by atomic mass is 9.86. The van der Waals surface area contributed by atoms with Gasteiger partial charge >= 0.3 is 5.97 Å². The molecule has 3 aromatic rings. The average Bonchev–Trinajstić information content (AvgIpc) is 3.37. The van der Waals surface area contributed by atoms with Crippen molar-refractivity contribution >= 4 is 29.0 Å². The molecule has 0 fully saturated rings. The molecule has 0 bridgehead atoms. The van der Waals surface area contributed by atoms with Crippen molar-refractivity contribution in [2.45, 2.75) is 65.2 Å². The number of carbonyl (C=O) groups is 2. The number of ether oxygens (including phenoxy) is 1. The number of hydrogen-bond acceptors (Lipinski definition) is 9. The third-order valence-electron chi connectivity index (χ3n) is 8.45. The molecular weight excluding hydrogens is 562 g/mol. The number of aliphatic hydroxyl groups is 1. The molecule has 1 aromatic carbocycles. The Morgan fingerprint density at radius 3 is 2.80 bits per heavy atom. The van der Waals surface area contributed by atoms with Crippen LogP contribution in [-0.2, 0) is 37.9 Å². The van der Waals surface area contributed by atoms with E-state index in [1.165, 1.54) is 12.8 Å². The van der Waals surface area contributed by atoms with Crippen LogP contribution < -0.4 is 10.9 Å². The standard InChI is InChI=1S/C33H41N5O6/c1-5-33(42)26-16-28-30-24(18-38(28)31(40)25(26)19-43-32(33)41)23(22-11-6-7-12-27(22)36-30)17-35-44-20-29(39)34-13-9-15-37(4)14-8-10-21(2)3/h6-7,11-12,16-17,21,42H,5,8-10,13-15,18-20H2,1-4H3,(H,34,39)/b35-17+/t33-/m0/s1. The second-order valence-corrected chi connectivity index (χ2v) is 12.0. The monoisotopic (exact) mass is 603 g/mol. The number of amides is 1. The van der Waals surface area contributed by atoms with Crippen molar-refractivity contribution in [3.05, 3.63) is 62.9 Å². The molecule has 0 saturated carbocycles. The summed E-state index contributed by atoms with van der Waals surface area (Å²) in [5, 5.41) is 18.9. The van der Waals surface area contributed by atoms with Crippen molar-refractivity contribution in [3.8, 4) is 11.4 Å². The summed E-state index contributed by atoms with van der Waals surface area (Å²) in [4.78, 5) is 50.9. The molecule has 0 saturated heterocycles. The van der Waals surface area contributed by atoms with Crippen LogP contribution in [0.4, 0.5) is 0 Å². The number of hydrogen-bond donors (Lipinski definition) is 2. The van der Waals surface area contributed by atoms with Crippen molar-refractivity contribution in [2.24, 2.45) is 11.1 Å². The van der Waals surface area contributed by atoms with Crippen molar-refractivity contribution < 1.29 is 24.3 Å². The van der Waals surface area contributed by atoms with Gasteiger partial charge in [0.25, 0.3) is 11.5 Å². The Balaban J connectivity index is 1.29. The first-order chi connectivity index (χ1) is 21.1. The first-order valence-corrected chi connectivity index (χ1v) is 15.3. The van der Waals surface area contributed by atoms with Crippen LogP contribution in [0.2, 0.25) is 0 Å². The quantitative estimate of drug-likeness (QED) is 0.103. The Hall–Kier alpha value is -4.09.